The van der Waals surface area contributed by atoms with Gasteiger partial charge < -0.3 is 5.32 Å². The molecule has 3 rings (SSSR count). The van der Waals surface area contributed by atoms with Gasteiger partial charge in [-0.05, 0) is 67.9 Å². The van der Waals surface area contributed by atoms with Gasteiger partial charge in [-0.25, -0.2) is 0 Å². The normalized spacial score (nSPS) is 18.0. The Hall–Kier alpha value is -1.06. The van der Waals surface area contributed by atoms with Crippen LogP contribution >= 0.6 is 11.8 Å². The zero-order valence-electron chi connectivity index (χ0n) is 12.7. The first-order valence-corrected chi connectivity index (χ1v) is 9.10. The first-order valence-electron chi connectivity index (χ1n) is 7.94. The highest BCUT2D eigenvalue weighted by atomic mass is 32.2. The second kappa shape index (κ2) is 7.28. The number of rotatable bonds is 5. The van der Waals surface area contributed by atoms with Gasteiger partial charge in [-0.2, -0.15) is 11.8 Å². The van der Waals surface area contributed by atoms with Crippen LogP contribution in [0.3, 0.4) is 0 Å². The van der Waals surface area contributed by atoms with Crippen molar-refractivity contribution >= 4 is 22.7 Å². The molecule has 21 heavy (non-hydrogen) atoms. The zero-order chi connectivity index (χ0) is 14.5. The number of nitrogens with zero attached hydrogens (tertiary/aromatic N) is 1. The fourth-order valence-electron chi connectivity index (χ4n) is 3.29. The van der Waals surface area contributed by atoms with E-state index in [1.54, 1.807) is 0 Å². The highest BCUT2D eigenvalue weighted by Gasteiger charge is 2.19. The van der Waals surface area contributed by atoms with Gasteiger partial charge in [0.25, 0.3) is 0 Å². The van der Waals surface area contributed by atoms with E-state index in [0.29, 0.717) is 6.04 Å². The maximum absolute atomic E-state index is 4.47. The first kappa shape index (κ1) is 14.9. The van der Waals surface area contributed by atoms with Crippen molar-refractivity contribution in [3.05, 3.63) is 42.1 Å². The molecule has 112 valence electrons. The number of pyridine rings is 1. The van der Waals surface area contributed by atoms with Crippen molar-refractivity contribution in [1.29, 1.82) is 0 Å². The summed E-state index contributed by atoms with van der Waals surface area (Å²) in [6.07, 6.45) is 7.12. The average Bonchev–Trinajstić information content (AvgIpc) is 2.55. The van der Waals surface area contributed by atoms with E-state index in [4.69, 9.17) is 0 Å². The van der Waals surface area contributed by atoms with Crippen molar-refractivity contribution in [3.8, 4) is 0 Å². The van der Waals surface area contributed by atoms with Gasteiger partial charge in [-0.3, -0.25) is 4.98 Å². The largest absolute Gasteiger partial charge is 0.317 e. The van der Waals surface area contributed by atoms with E-state index in [9.17, 15) is 0 Å². The molecule has 0 aliphatic carbocycles. The molecule has 1 atom stereocenters. The molecule has 2 heterocycles. The molecular formula is C18H24N2S. The molecule has 0 bridgehead atoms. The second-order valence-corrected chi connectivity index (χ2v) is 7.19. The van der Waals surface area contributed by atoms with Crippen LogP contribution in [0.5, 0.6) is 0 Å². The lowest BCUT2D eigenvalue weighted by atomic mass is 9.90. The van der Waals surface area contributed by atoms with Gasteiger partial charge in [0.1, 0.15) is 0 Å². The van der Waals surface area contributed by atoms with Crippen LogP contribution in [0.2, 0.25) is 0 Å². The van der Waals surface area contributed by atoms with Gasteiger partial charge >= 0.3 is 0 Å². The van der Waals surface area contributed by atoms with E-state index in [-0.39, 0.29) is 0 Å². The molecular weight excluding hydrogens is 276 g/mol. The van der Waals surface area contributed by atoms with E-state index in [1.165, 1.54) is 41.7 Å². The Bertz CT molecular complexity index is 573. The summed E-state index contributed by atoms with van der Waals surface area (Å²) in [5.41, 5.74) is 2.53. The lowest BCUT2D eigenvalue weighted by Gasteiger charge is -2.26. The number of aromatic nitrogens is 1. The van der Waals surface area contributed by atoms with Gasteiger partial charge in [0, 0.05) is 17.6 Å². The van der Waals surface area contributed by atoms with Crippen molar-refractivity contribution in [2.45, 2.75) is 31.7 Å². The van der Waals surface area contributed by atoms with Crippen LogP contribution in [-0.4, -0.2) is 29.6 Å². The third-order valence-corrected chi connectivity index (χ3v) is 5.62. The molecule has 1 aromatic carbocycles. The number of para-hydroxylation sites is 1. The number of fused-ring (bicyclic) bond motifs is 1. The minimum atomic E-state index is 0.573. The molecule has 2 nitrogen and oxygen atoms in total. The fraction of sp³-hybridized carbons (Fsp3) is 0.500. The van der Waals surface area contributed by atoms with Gasteiger partial charge in [-0.1, -0.05) is 18.2 Å². The summed E-state index contributed by atoms with van der Waals surface area (Å²) in [7, 11) is 2.10. The molecule has 1 unspecified atom stereocenters. The lowest BCUT2D eigenvalue weighted by Crippen LogP contribution is -2.31. The van der Waals surface area contributed by atoms with Crippen molar-refractivity contribution in [1.82, 2.24) is 10.3 Å². The molecule has 1 aliphatic heterocycles. The van der Waals surface area contributed by atoms with Gasteiger partial charge in [-0.15, -0.1) is 0 Å². The molecule has 1 fully saturated rings. The minimum absolute atomic E-state index is 0.573. The third-order valence-electron chi connectivity index (χ3n) is 4.57. The number of benzene rings is 1. The van der Waals surface area contributed by atoms with Crippen LogP contribution in [0.1, 0.15) is 24.8 Å². The summed E-state index contributed by atoms with van der Waals surface area (Å²) in [5, 5.41) is 4.84. The molecule has 0 radical (unpaired) electrons. The molecule has 1 aromatic heterocycles. The molecule has 3 heteroatoms. The van der Waals surface area contributed by atoms with E-state index in [1.807, 2.05) is 6.20 Å². The standard InChI is InChI=1S/C18H24N2S/c1-19-16(12-14-7-10-21-11-8-14)13-15-6-9-20-18-5-3-2-4-17(15)18/h2-6,9,14,16,19H,7-8,10-13H2,1H3. The second-order valence-electron chi connectivity index (χ2n) is 5.97. The maximum atomic E-state index is 4.47. The first-order chi connectivity index (χ1) is 10.4. The van der Waals surface area contributed by atoms with Gasteiger partial charge in [0.05, 0.1) is 5.52 Å². The summed E-state index contributed by atoms with van der Waals surface area (Å²) in [4.78, 5) is 4.47. The van der Waals surface area contributed by atoms with Crippen molar-refractivity contribution < 1.29 is 0 Å². The number of likely N-dealkylation sites (N-methyl/N-ethyl adjacent to an activating group) is 1. The number of hydrogen-bond donors (Lipinski definition) is 1. The molecule has 1 N–H and O–H groups in total. The molecule has 2 aromatic rings. The van der Waals surface area contributed by atoms with E-state index in [0.717, 1.165) is 17.9 Å². The Morgan fingerprint density at radius 3 is 2.86 bits per heavy atom. The van der Waals surface area contributed by atoms with E-state index >= 15 is 0 Å². The summed E-state index contributed by atoms with van der Waals surface area (Å²) < 4.78 is 0. The van der Waals surface area contributed by atoms with Crippen LogP contribution in [0.4, 0.5) is 0 Å². The summed E-state index contributed by atoms with van der Waals surface area (Å²) in [5.74, 6) is 3.59. The molecule has 1 aliphatic rings. The third kappa shape index (κ3) is 3.78. The smallest absolute Gasteiger partial charge is 0.0704 e. The highest BCUT2D eigenvalue weighted by Crippen LogP contribution is 2.27. The summed E-state index contributed by atoms with van der Waals surface area (Å²) >= 11 is 2.11. The molecule has 0 saturated carbocycles. The molecule has 1 saturated heterocycles. The number of thioether (sulfide) groups is 1. The Morgan fingerprint density at radius 1 is 1.24 bits per heavy atom. The fourth-order valence-corrected chi connectivity index (χ4v) is 4.49. The van der Waals surface area contributed by atoms with Gasteiger partial charge in [0.2, 0.25) is 0 Å². The van der Waals surface area contributed by atoms with Crippen molar-refractivity contribution in [2.75, 3.05) is 18.6 Å². The SMILES string of the molecule is CNC(Cc1ccnc2ccccc12)CC1CCSCC1. The Balaban J connectivity index is 1.72. The predicted molar refractivity (Wildman–Crippen MR) is 93.0 cm³/mol. The highest BCUT2D eigenvalue weighted by molar-refractivity contribution is 7.99. The summed E-state index contributed by atoms with van der Waals surface area (Å²) in [6, 6.07) is 11.2. The van der Waals surface area contributed by atoms with Crippen LogP contribution in [0.25, 0.3) is 10.9 Å². The van der Waals surface area contributed by atoms with Gasteiger partial charge in [0.15, 0.2) is 0 Å². The Kier molecular flexibility index (Phi) is 5.15. The Morgan fingerprint density at radius 2 is 2.05 bits per heavy atom. The lowest BCUT2D eigenvalue weighted by molar-refractivity contribution is 0.376. The van der Waals surface area contributed by atoms with Crippen LogP contribution in [0.15, 0.2) is 36.5 Å². The van der Waals surface area contributed by atoms with E-state index < -0.39 is 0 Å². The predicted octanol–water partition coefficient (Wildman–Crippen LogP) is 3.90. The molecule has 0 spiro atoms. The monoisotopic (exact) mass is 300 g/mol. The molecule has 0 amide bonds. The van der Waals surface area contributed by atoms with E-state index in [2.05, 4.69) is 59.4 Å². The maximum Gasteiger partial charge on any atom is 0.0704 e. The topological polar surface area (TPSA) is 24.9 Å². The summed E-state index contributed by atoms with van der Waals surface area (Å²) in [6.45, 7) is 0. The Labute approximate surface area is 131 Å². The van der Waals surface area contributed by atoms with Crippen LogP contribution in [0, 0.1) is 5.92 Å². The van der Waals surface area contributed by atoms with Crippen molar-refractivity contribution in [2.24, 2.45) is 5.92 Å². The van der Waals surface area contributed by atoms with Crippen molar-refractivity contribution in [3.63, 3.8) is 0 Å². The zero-order valence-corrected chi connectivity index (χ0v) is 13.5. The number of nitrogens with one attached hydrogen (secondary N) is 1. The quantitative estimate of drug-likeness (QED) is 0.906. The van der Waals surface area contributed by atoms with Crippen LogP contribution < -0.4 is 5.32 Å². The average molecular weight is 300 g/mol. The number of hydrogen-bond acceptors (Lipinski definition) is 3. The minimum Gasteiger partial charge on any atom is -0.317 e. The van der Waals surface area contributed by atoms with Crippen LogP contribution in [-0.2, 0) is 6.42 Å².